The minimum absolute atomic E-state index is 0.172. The molecule has 3 nitrogen and oxygen atoms in total. The van der Waals surface area contributed by atoms with Gasteiger partial charge in [-0.1, -0.05) is 18.2 Å². The van der Waals surface area contributed by atoms with E-state index in [4.69, 9.17) is 16.3 Å². The Hall–Kier alpha value is -1.55. The van der Waals surface area contributed by atoms with Gasteiger partial charge in [0.1, 0.15) is 11.6 Å². The van der Waals surface area contributed by atoms with Gasteiger partial charge in [-0.15, -0.1) is 0 Å². The van der Waals surface area contributed by atoms with Crippen molar-refractivity contribution in [3.63, 3.8) is 0 Å². The Bertz CT molecular complexity index is 392. The van der Waals surface area contributed by atoms with Gasteiger partial charge >= 0.3 is 0 Å². The van der Waals surface area contributed by atoms with Gasteiger partial charge in [-0.3, -0.25) is 4.79 Å². The number of hydrogen-bond acceptors (Lipinski definition) is 2. The van der Waals surface area contributed by atoms with Gasteiger partial charge in [-0.05, 0) is 24.3 Å². The van der Waals surface area contributed by atoms with Gasteiger partial charge in [0, 0.05) is 5.03 Å². The van der Waals surface area contributed by atoms with Crippen molar-refractivity contribution in [2.75, 3.05) is 13.2 Å². The van der Waals surface area contributed by atoms with Crippen LogP contribution in [0.3, 0.4) is 0 Å². The summed E-state index contributed by atoms with van der Waals surface area (Å²) in [5.41, 5.74) is 0. The zero-order chi connectivity index (χ0) is 12.7. The maximum atomic E-state index is 12.6. The van der Waals surface area contributed by atoms with Crippen LogP contribution in [0.5, 0.6) is 5.75 Å². The molecule has 1 rings (SSSR count). The van der Waals surface area contributed by atoms with Crippen molar-refractivity contribution < 1.29 is 13.9 Å². The van der Waals surface area contributed by atoms with Crippen LogP contribution in [0.4, 0.5) is 4.39 Å². The molecule has 0 fully saturated rings. The van der Waals surface area contributed by atoms with Crippen molar-refractivity contribution in [2.24, 2.45) is 0 Å². The summed E-state index contributed by atoms with van der Waals surface area (Å²) in [6.07, 6.45) is 0.210. The Labute approximate surface area is 104 Å². The van der Waals surface area contributed by atoms with Crippen LogP contribution >= 0.6 is 11.6 Å². The second-order valence-electron chi connectivity index (χ2n) is 3.35. The molecule has 0 aliphatic heterocycles. The summed E-state index contributed by atoms with van der Waals surface area (Å²) >= 11 is 5.49. The quantitative estimate of drug-likeness (QED) is 0.850. The summed E-state index contributed by atoms with van der Waals surface area (Å²) in [4.78, 5) is 11.2. The van der Waals surface area contributed by atoms with Crippen LogP contribution in [0.15, 0.2) is 35.9 Å². The summed E-state index contributed by atoms with van der Waals surface area (Å²) in [5.74, 6) is 0.0329. The zero-order valence-corrected chi connectivity index (χ0v) is 9.97. The first-order valence-corrected chi connectivity index (χ1v) is 5.44. The number of nitrogens with one attached hydrogen (secondary N) is 1. The Morgan fingerprint density at radius 3 is 2.65 bits per heavy atom. The first-order valence-electron chi connectivity index (χ1n) is 5.06. The van der Waals surface area contributed by atoms with Crippen molar-refractivity contribution >= 4 is 17.5 Å². The topological polar surface area (TPSA) is 38.3 Å². The van der Waals surface area contributed by atoms with Gasteiger partial charge in [0.25, 0.3) is 0 Å². The third-order valence-corrected chi connectivity index (χ3v) is 2.02. The highest BCUT2D eigenvalue weighted by Crippen LogP contribution is 2.10. The second kappa shape index (κ2) is 6.91. The lowest BCUT2D eigenvalue weighted by atomic mass is 10.3. The number of carbonyl (C=O) groups excluding carboxylic acids is 1. The molecule has 92 valence electrons. The Morgan fingerprint density at radius 1 is 1.41 bits per heavy atom. The monoisotopic (exact) mass is 257 g/mol. The van der Waals surface area contributed by atoms with E-state index in [0.29, 0.717) is 10.8 Å². The van der Waals surface area contributed by atoms with E-state index in [1.807, 2.05) is 0 Å². The van der Waals surface area contributed by atoms with E-state index in [-0.39, 0.29) is 31.3 Å². The van der Waals surface area contributed by atoms with Gasteiger partial charge in [-0.25, -0.2) is 4.39 Å². The van der Waals surface area contributed by atoms with Crippen LogP contribution in [0.1, 0.15) is 6.42 Å². The standard InChI is InChI=1S/C12H13ClFNO2/c1-9(13)8-15-12(16)6-7-17-11-4-2-10(14)3-5-11/h2-5H,1,6-8H2,(H,15,16). The maximum Gasteiger partial charge on any atom is 0.223 e. The van der Waals surface area contributed by atoms with Crippen LogP contribution in [0.2, 0.25) is 0 Å². The minimum Gasteiger partial charge on any atom is -0.493 e. The second-order valence-corrected chi connectivity index (χ2v) is 3.88. The fourth-order valence-electron chi connectivity index (χ4n) is 1.08. The van der Waals surface area contributed by atoms with E-state index in [1.54, 1.807) is 0 Å². The maximum absolute atomic E-state index is 12.6. The van der Waals surface area contributed by atoms with Crippen LogP contribution in [0, 0.1) is 5.82 Å². The number of rotatable bonds is 6. The molecule has 0 aromatic heterocycles. The van der Waals surface area contributed by atoms with Crippen LogP contribution in [-0.2, 0) is 4.79 Å². The molecule has 1 aromatic rings. The third kappa shape index (κ3) is 5.92. The molecule has 0 heterocycles. The lowest BCUT2D eigenvalue weighted by molar-refractivity contribution is -0.121. The Morgan fingerprint density at radius 2 is 2.06 bits per heavy atom. The molecule has 0 bridgehead atoms. The smallest absolute Gasteiger partial charge is 0.223 e. The molecule has 0 aliphatic rings. The molecule has 5 heteroatoms. The average molecular weight is 258 g/mol. The van der Waals surface area contributed by atoms with Gasteiger partial charge in [0.15, 0.2) is 0 Å². The molecule has 0 aliphatic carbocycles. The number of halogens is 2. The summed E-state index contributed by atoms with van der Waals surface area (Å²) in [6.45, 7) is 3.92. The first-order chi connectivity index (χ1) is 8.08. The molecule has 0 saturated heterocycles. The SMILES string of the molecule is C=C(Cl)CNC(=O)CCOc1ccc(F)cc1. The predicted molar refractivity (Wildman–Crippen MR) is 64.5 cm³/mol. The van der Waals surface area contributed by atoms with Gasteiger partial charge < -0.3 is 10.1 Å². The normalized spacial score (nSPS) is 9.76. The molecular formula is C12H13ClFNO2. The molecular weight excluding hydrogens is 245 g/mol. The number of carbonyl (C=O) groups is 1. The molecule has 17 heavy (non-hydrogen) atoms. The van der Waals surface area contributed by atoms with Gasteiger partial charge in [0.2, 0.25) is 5.91 Å². The number of amides is 1. The van der Waals surface area contributed by atoms with E-state index >= 15 is 0 Å². The third-order valence-electron chi connectivity index (χ3n) is 1.89. The van der Waals surface area contributed by atoms with E-state index in [2.05, 4.69) is 11.9 Å². The van der Waals surface area contributed by atoms with Crippen molar-refractivity contribution in [2.45, 2.75) is 6.42 Å². The fourth-order valence-corrected chi connectivity index (χ4v) is 1.14. The average Bonchev–Trinajstić information content (AvgIpc) is 2.29. The van der Waals surface area contributed by atoms with Crippen LogP contribution in [0.25, 0.3) is 0 Å². The molecule has 1 N–H and O–H groups in total. The van der Waals surface area contributed by atoms with Gasteiger partial charge in [-0.2, -0.15) is 0 Å². The Kier molecular flexibility index (Phi) is 5.49. The highest BCUT2D eigenvalue weighted by Gasteiger charge is 2.02. The molecule has 0 radical (unpaired) electrons. The molecule has 1 aromatic carbocycles. The first kappa shape index (κ1) is 13.5. The Balaban J connectivity index is 2.21. The van der Waals surface area contributed by atoms with Crippen molar-refractivity contribution in [3.8, 4) is 5.75 Å². The number of ether oxygens (including phenoxy) is 1. The van der Waals surface area contributed by atoms with Crippen molar-refractivity contribution in [1.82, 2.24) is 5.32 Å². The van der Waals surface area contributed by atoms with E-state index < -0.39 is 0 Å². The number of benzene rings is 1. The van der Waals surface area contributed by atoms with E-state index in [9.17, 15) is 9.18 Å². The molecule has 1 amide bonds. The van der Waals surface area contributed by atoms with Gasteiger partial charge in [0.05, 0.1) is 19.6 Å². The lowest BCUT2D eigenvalue weighted by Gasteiger charge is -2.06. The minimum atomic E-state index is -0.323. The highest BCUT2D eigenvalue weighted by atomic mass is 35.5. The molecule has 0 spiro atoms. The van der Waals surface area contributed by atoms with Crippen molar-refractivity contribution in [3.05, 3.63) is 41.7 Å². The summed E-state index contributed by atoms with van der Waals surface area (Å²) in [6, 6.07) is 5.61. The summed E-state index contributed by atoms with van der Waals surface area (Å²) in [5, 5.41) is 2.94. The van der Waals surface area contributed by atoms with E-state index in [0.717, 1.165) is 0 Å². The van der Waals surface area contributed by atoms with Crippen LogP contribution < -0.4 is 10.1 Å². The molecule has 0 unspecified atom stereocenters. The predicted octanol–water partition coefficient (Wildman–Crippen LogP) is 2.46. The molecule has 0 atom stereocenters. The largest absolute Gasteiger partial charge is 0.493 e. The zero-order valence-electron chi connectivity index (χ0n) is 9.21. The highest BCUT2D eigenvalue weighted by molar-refractivity contribution is 6.29. The number of hydrogen-bond donors (Lipinski definition) is 1. The van der Waals surface area contributed by atoms with E-state index in [1.165, 1.54) is 24.3 Å². The lowest BCUT2D eigenvalue weighted by Crippen LogP contribution is -2.25. The van der Waals surface area contributed by atoms with Crippen molar-refractivity contribution in [1.29, 1.82) is 0 Å². The molecule has 0 saturated carbocycles. The van der Waals surface area contributed by atoms with Crippen LogP contribution in [-0.4, -0.2) is 19.1 Å². The summed E-state index contributed by atoms with van der Waals surface area (Å²) < 4.78 is 17.8. The fraction of sp³-hybridized carbons (Fsp3) is 0.250. The summed E-state index contributed by atoms with van der Waals surface area (Å²) in [7, 11) is 0.